The van der Waals surface area contributed by atoms with Crippen molar-refractivity contribution in [1.29, 1.82) is 0 Å². The SMILES string of the molecule is CC(NC(=O)c1ccccc1NC(=O)c1ccc(C(C)(C)C)cc1)c1ccccc1. The number of anilines is 1. The highest BCUT2D eigenvalue weighted by atomic mass is 16.2. The van der Waals surface area contributed by atoms with Gasteiger partial charge in [-0.3, -0.25) is 9.59 Å². The molecule has 3 aromatic rings. The summed E-state index contributed by atoms with van der Waals surface area (Å²) in [6, 6.07) is 24.2. The summed E-state index contributed by atoms with van der Waals surface area (Å²) in [7, 11) is 0. The van der Waals surface area contributed by atoms with E-state index in [1.807, 2.05) is 61.5 Å². The maximum atomic E-state index is 12.9. The standard InChI is InChI=1S/C26H28N2O2/c1-18(19-10-6-5-7-11-19)27-25(30)22-12-8-9-13-23(22)28-24(29)20-14-16-21(17-15-20)26(2,3)4/h5-18H,1-4H3,(H,27,30)(H,28,29). The molecule has 0 spiro atoms. The molecular weight excluding hydrogens is 372 g/mol. The minimum absolute atomic E-state index is 0.0230. The van der Waals surface area contributed by atoms with E-state index in [2.05, 4.69) is 31.4 Å². The van der Waals surface area contributed by atoms with Crippen LogP contribution in [0.3, 0.4) is 0 Å². The molecule has 0 aliphatic heterocycles. The molecule has 2 amide bonds. The third-order valence-electron chi connectivity index (χ3n) is 5.08. The van der Waals surface area contributed by atoms with E-state index in [1.54, 1.807) is 24.3 Å². The molecule has 0 bridgehead atoms. The first-order valence-electron chi connectivity index (χ1n) is 10.1. The lowest BCUT2D eigenvalue weighted by Gasteiger charge is -2.19. The molecule has 0 saturated carbocycles. The molecule has 2 N–H and O–H groups in total. The zero-order chi connectivity index (χ0) is 21.7. The Kier molecular flexibility index (Phi) is 6.36. The Labute approximate surface area is 178 Å². The number of benzene rings is 3. The molecule has 30 heavy (non-hydrogen) atoms. The number of amides is 2. The fraction of sp³-hybridized carbons (Fsp3) is 0.231. The lowest BCUT2D eigenvalue weighted by molar-refractivity contribution is 0.0941. The molecule has 0 aliphatic carbocycles. The van der Waals surface area contributed by atoms with Crippen molar-refractivity contribution in [3.8, 4) is 0 Å². The van der Waals surface area contributed by atoms with Crippen molar-refractivity contribution >= 4 is 17.5 Å². The Morgan fingerprint density at radius 1 is 0.767 bits per heavy atom. The first kappa shape index (κ1) is 21.3. The van der Waals surface area contributed by atoms with Gasteiger partial charge in [0.2, 0.25) is 0 Å². The second-order valence-electron chi connectivity index (χ2n) is 8.43. The maximum Gasteiger partial charge on any atom is 0.255 e. The van der Waals surface area contributed by atoms with E-state index in [9.17, 15) is 9.59 Å². The molecule has 0 aliphatic rings. The molecule has 1 atom stereocenters. The Morgan fingerprint density at radius 3 is 2.00 bits per heavy atom. The number of carbonyl (C=O) groups excluding carboxylic acids is 2. The Morgan fingerprint density at radius 2 is 1.37 bits per heavy atom. The largest absolute Gasteiger partial charge is 0.345 e. The van der Waals surface area contributed by atoms with E-state index in [4.69, 9.17) is 0 Å². The molecule has 4 nitrogen and oxygen atoms in total. The zero-order valence-corrected chi connectivity index (χ0v) is 17.9. The van der Waals surface area contributed by atoms with Gasteiger partial charge in [-0.2, -0.15) is 0 Å². The van der Waals surface area contributed by atoms with Crippen molar-refractivity contribution in [1.82, 2.24) is 5.32 Å². The molecule has 0 fully saturated rings. The average Bonchev–Trinajstić information content (AvgIpc) is 2.74. The van der Waals surface area contributed by atoms with Crippen LogP contribution in [-0.4, -0.2) is 11.8 Å². The number of nitrogens with one attached hydrogen (secondary N) is 2. The van der Waals surface area contributed by atoms with Crippen molar-refractivity contribution in [3.05, 3.63) is 101 Å². The minimum atomic E-state index is -0.244. The van der Waals surface area contributed by atoms with E-state index in [0.29, 0.717) is 16.8 Å². The lowest BCUT2D eigenvalue weighted by atomic mass is 9.86. The third-order valence-corrected chi connectivity index (χ3v) is 5.08. The summed E-state index contributed by atoms with van der Waals surface area (Å²) < 4.78 is 0. The summed E-state index contributed by atoms with van der Waals surface area (Å²) in [5.41, 5.74) is 3.67. The molecule has 0 saturated heterocycles. The summed E-state index contributed by atoms with van der Waals surface area (Å²) >= 11 is 0. The van der Waals surface area contributed by atoms with E-state index in [-0.39, 0.29) is 23.3 Å². The topological polar surface area (TPSA) is 58.2 Å². The van der Waals surface area contributed by atoms with Crippen molar-refractivity contribution in [2.45, 2.75) is 39.2 Å². The molecule has 0 heterocycles. The average molecular weight is 401 g/mol. The molecule has 3 aromatic carbocycles. The van der Waals surface area contributed by atoms with Gasteiger partial charge in [0.15, 0.2) is 0 Å². The highest BCUT2D eigenvalue weighted by Crippen LogP contribution is 2.23. The highest BCUT2D eigenvalue weighted by molar-refractivity contribution is 6.09. The Hall–Kier alpha value is -3.40. The lowest BCUT2D eigenvalue weighted by Crippen LogP contribution is -2.28. The van der Waals surface area contributed by atoms with E-state index >= 15 is 0 Å². The van der Waals surface area contributed by atoms with Crippen molar-refractivity contribution in [2.24, 2.45) is 0 Å². The number of hydrogen-bond acceptors (Lipinski definition) is 2. The van der Waals surface area contributed by atoms with E-state index in [0.717, 1.165) is 11.1 Å². The normalized spacial score (nSPS) is 12.1. The van der Waals surface area contributed by atoms with Crippen LogP contribution in [0.15, 0.2) is 78.9 Å². The van der Waals surface area contributed by atoms with Crippen molar-refractivity contribution < 1.29 is 9.59 Å². The van der Waals surface area contributed by atoms with Gasteiger partial charge in [-0.05, 0) is 47.7 Å². The second-order valence-corrected chi connectivity index (χ2v) is 8.43. The second kappa shape index (κ2) is 8.95. The summed E-state index contributed by atoms with van der Waals surface area (Å²) in [4.78, 5) is 25.6. The summed E-state index contributed by atoms with van der Waals surface area (Å²) in [6.07, 6.45) is 0. The molecule has 4 heteroatoms. The van der Waals surface area contributed by atoms with Gasteiger partial charge in [0, 0.05) is 5.56 Å². The minimum Gasteiger partial charge on any atom is -0.345 e. The van der Waals surface area contributed by atoms with Crippen LogP contribution in [0.4, 0.5) is 5.69 Å². The fourth-order valence-electron chi connectivity index (χ4n) is 3.21. The van der Waals surface area contributed by atoms with Gasteiger partial charge in [-0.1, -0.05) is 75.4 Å². The summed E-state index contributed by atoms with van der Waals surface area (Å²) in [5.74, 6) is -0.475. The van der Waals surface area contributed by atoms with Crippen LogP contribution in [0.25, 0.3) is 0 Å². The molecule has 1 unspecified atom stereocenters. The van der Waals surface area contributed by atoms with Crippen molar-refractivity contribution in [2.75, 3.05) is 5.32 Å². The smallest absolute Gasteiger partial charge is 0.255 e. The highest BCUT2D eigenvalue weighted by Gasteiger charge is 2.18. The van der Waals surface area contributed by atoms with Crippen molar-refractivity contribution in [3.63, 3.8) is 0 Å². The first-order chi connectivity index (χ1) is 14.3. The summed E-state index contributed by atoms with van der Waals surface area (Å²) in [6.45, 7) is 8.33. The monoisotopic (exact) mass is 400 g/mol. The van der Waals surface area contributed by atoms with Gasteiger partial charge >= 0.3 is 0 Å². The van der Waals surface area contributed by atoms with Crippen LogP contribution in [0.5, 0.6) is 0 Å². The van der Waals surface area contributed by atoms with Crippen LogP contribution in [0.1, 0.15) is 65.6 Å². The van der Waals surface area contributed by atoms with E-state index < -0.39 is 0 Å². The molecule has 3 rings (SSSR count). The van der Waals surface area contributed by atoms with Crippen LogP contribution >= 0.6 is 0 Å². The molecule has 154 valence electrons. The number of carbonyl (C=O) groups is 2. The van der Waals surface area contributed by atoms with Crippen LogP contribution in [0.2, 0.25) is 0 Å². The van der Waals surface area contributed by atoms with Crippen LogP contribution < -0.4 is 10.6 Å². The zero-order valence-electron chi connectivity index (χ0n) is 17.9. The number of para-hydroxylation sites is 1. The predicted octanol–water partition coefficient (Wildman–Crippen LogP) is 5.73. The number of hydrogen-bond donors (Lipinski definition) is 2. The molecular formula is C26H28N2O2. The van der Waals surface area contributed by atoms with Gasteiger partial charge in [0.05, 0.1) is 17.3 Å². The third kappa shape index (κ3) is 5.15. The Bertz CT molecular complexity index is 1020. The van der Waals surface area contributed by atoms with Crippen LogP contribution in [-0.2, 0) is 5.41 Å². The fourth-order valence-corrected chi connectivity index (χ4v) is 3.21. The van der Waals surface area contributed by atoms with Gasteiger partial charge in [0.25, 0.3) is 11.8 Å². The molecule has 0 aromatic heterocycles. The molecule has 0 radical (unpaired) electrons. The first-order valence-corrected chi connectivity index (χ1v) is 10.1. The Balaban J connectivity index is 1.75. The summed E-state index contributed by atoms with van der Waals surface area (Å²) in [5, 5.41) is 5.88. The van der Waals surface area contributed by atoms with Gasteiger partial charge in [-0.15, -0.1) is 0 Å². The van der Waals surface area contributed by atoms with Crippen LogP contribution in [0, 0.1) is 0 Å². The quantitative estimate of drug-likeness (QED) is 0.575. The number of rotatable bonds is 5. The van der Waals surface area contributed by atoms with Gasteiger partial charge < -0.3 is 10.6 Å². The van der Waals surface area contributed by atoms with Gasteiger partial charge in [-0.25, -0.2) is 0 Å². The maximum absolute atomic E-state index is 12.9. The predicted molar refractivity (Wildman–Crippen MR) is 122 cm³/mol. The van der Waals surface area contributed by atoms with Gasteiger partial charge in [0.1, 0.15) is 0 Å². The van der Waals surface area contributed by atoms with E-state index in [1.165, 1.54) is 0 Å².